The van der Waals surface area contributed by atoms with E-state index in [9.17, 15) is 4.79 Å². The second-order valence-electron chi connectivity index (χ2n) is 3.32. The second-order valence-corrected chi connectivity index (χ2v) is 3.32. The first-order chi connectivity index (χ1) is 5.57. The van der Waals surface area contributed by atoms with Crippen LogP contribution in [0.25, 0.3) is 0 Å². The zero-order valence-electron chi connectivity index (χ0n) is 8.18. The van der Waals surface area contributed by atoms with Gasteiger partial charge in [0.05, 0.1) is 0 Å². The molecule has 1 N–H and O–H groups in total. The summed E-state index contributed by atoms with van der Waals surface area (Å²) in [5, 5.41) is 8.49. The fraction of sp³-hybridized carbons (Fsp3) is 0.700. The highest BCUT2D eigenvalue weighted by molar-refractivity contribution is 5.80. The van der Waals surface area contributed by atoms with Crippen molar-refractivity contribution in [1.82, 2.24) is 0 Å². The van der Waals surface area contributed by atoms with Gasteiger partial charge in [0.2, 0.25) is 0 Å². The summed E-state index contributed by atoms with van der Waals surface area (Å²) in [4.78, 5) is 11.2. The summed E-state index contributed by atoms with van der Waals surface area (Å²) >= 11 is 0. The number of aliphatic hydroxyl groups is 1. The Morgan fingerprint density at radius 2 is 1.83 bits per heavy atom. The van der Waals surface area contributed by atoms with Crippen LogP contribution in [-0.4, -0.2) is 17.5 Å². The van der Waals surface area contributed by atoms with E-state index in [-0.39, 0.29) is 12.4 Å². The van der Waals surface area contributed by atoms with E-state index < -0.39 is 0 Å². The summed E-state index contributed by atoms with van der Waals surface area (Å²) in [7, 11) is 0. The summed E-state index contributed by atoms with van der Waals surface area (Å²) in [6.45, 7) is 6.11. The molecule has 0 bridgehead atoms. The number of ketones is 1. The minimum Gasteiger partial charge on any atom is -0.396 e. The molecule has 0 amide bonds. The van der Waals surface area contributed by atoms with Crippen LogP contribution in [0.3, 0.4) is 0 Å². The molecule has 0 aliphatic carbocycles. The van der Waals surface area contributed by atoms with E-state index in [1.165, 1.54) is 5.57 Å². The molecular weight excluding hydrogens is 152 g/mol. The van der Waals surface area contributed by atoms with Gasteiger partial charge in [-0.05, 0) is 27.2 Å². The Bertz CT molecular complexity index is 176. The van der Waals surface area contributed by atoms with Crippen molar-refractivity contribution in [3.63, 3.8) is 0 Å². The van der Waals surface area contributed by atoms with Crippen LogP contribution in [0, 0.1) is 0 Å². The lowest BCUT2D eigenvalue weighted by Crippen LogP contribution is -2.00. The quantitative estimate of drug-likeness (QED) is 0.641. The standard InChI is InChI=1S/C10H18O2/c1-8(2)9(3)7-10(12)5-4-6-11/h11H,4-7H2,1-3H3. The van der Waals surface area contributed by atoms with Crippen LogP contribution in [0.5, 0.6) is 0 Å². The van der Waals surface area contributed by atoms with Crippen molar-refractivity contribution in [3.05, 3.63) is 11.1 Å². The van der Waals surface area contributed by atoms with Crippen molar-refractivity contribution in [1.29, 1.82) is 0 Å². The van der Waals surface area contributed by atoms with Gasteiger partial charge in [0.25, 0.3) is 0 Å². The Balaban J connectivity index is 3.78. The van der Waals surface area contributed by atoms with Gasteiger partial charge in [-0.3, -0.25) is 4.79 Å². The molecule has 0 heterocycles. The molecule has 2 heteroatoms. The van der Waals surface area contributed by atoms with Crippen molar-refractivity contribution >= 4 is 5.78 Å². The SMILES string of the molecule is CC(C)=C(C)CC(=O)CCCO. The molecule has 0 aromatic heterocycles. The smallest absolute Gasteiger partial charge is 0.137 e. The van der Waals surface area contributed by atoms with Gasteiger partial charge in [-0.2, -0.15) is 0 Å². The van der Waals surface area contributed by atoms with Crippen molar-refractivity contribution in [2.24, 2.45) is 0 Å². The van der Waals surface area contributed by atoms with Crippen molar-refractivity contribution in [2.45, 2.75) is 40.0 Å². The third-order valence-electron chi connectivity index (χ3n) is 1.93. The highest BCUT2D eigenvalue weighted by atomic mass is 16.3. The fourth-order valence-corrected chi connectivity index (χ4v) is 0.837. The van der Waals surface area contributed by atoms with Gasteiger partial charge in [-0.1, -0.05) is 11.1 Å². The average molecular weight is 170 g/mol. The first kappa shape index (κ1) is 11.4. The first-order valence-corrected chi connectivity index (χ1v) is 4.33. The summed E-state index contributed by atoms with van der Waals surface area (Å²) in [6, 6.07) is 0. The highest BCUT2D eigenvalue weighted by Gasteiger charge is 2.02. The summed E-state index contributed by atoms with van der Waals surface area (Å²) in [6.07, 6.45) is 1.64. The Morgan fingerprint density at radius 1 is 1.25 bits per heavy atom. The maximum absolute atomic E-state index is 11.2. The predicted molar refractivity (Wildman–Crippen MR) is 50.0 cm³/mol. The fourth-order valence-electron chi connectivity index (χ4n) is 0.837. The van der Waals surface area contributed by atoms with E-state index in [4.69, 9.17) is 5.11 Å². The largest absolute Gasteiger partial charge is 0.396 e. The number of allylic oxidation sites excluding steroid dienone is 2. The topological polar surface area (TPSA) is 37.3 Å². The van der Waals surface area contributed by atoms with Crippen molar-refractivity contribution < 1.29 is 9.90 Å². The Morgan fingerprint density at radius 3 is 2.25 bits per heavy atom. The minimum atomic E-state index is 0.111. The number of carbonyl (C=O) groups excluding carboxylic acids is 1. The third-order valence-corrected chi connectivity index (χ3v) is 1.93. The van der Waals surface area contributed by atoms with Crippen LogP contribution >= 0.6 is 0 Å². The van der Waals surface area contributed by atoms with Crippen LogP contribution < -0.4 is 0 Å². The molecule has 2 nitrogen and oxygen atoms in total. The van der Waals surface area contributed by atoms with Gasteiger partial charge in [0.15, 0.2) is 0 Å². The van der Waals surface area contributed by atoms with Crippen LogP contribution in [0.1, 0.15) is 40.0 Å². The van der Waals surface area contributed by atoms with Gasteiger partial charge in [0, 0.05) is 19.4 Å². The Kier molecular flexibility index (Phi) is 5.64. The molecule has 12 heavy (non-hydrogen) atoms. The third kappa shape index (κ3) is 5.08. The van der Waals surface area contributed by atoms with Gasteiger partial charge < -0.3 is 5.11 Å². The molecule has 0 atom stereocenters. The lowest BCUT2D eigenvalue weighted by Gasteiger charge is -2.02. The van der Waals surface area contributed by atoms with E-state index in [0.29, 0.717) is 19.3 Å². The lowest BCUT2D eigenvalue weighted by molar-refractivity contribution is -0.118. The molecule has 0 saturated heterocycles. The van der Waals surface area contributed by atoms with E-state index in [0.717, 1.165) is 5.57 Å². The summed E-state index contributed by atoms with van der Waals surface area (Å²) in [5.74, 6) is 0.225. The van der Waals surface area contributed by atoms with Crippen LogP contribution in [0.15, 0.2) is 11.1 Å². The Labute approximate surface area is 74.3 Å². The molecule has 0 aliphatic rings. The van der Waals surface area contributed by atoms with Gasteiger partial charge in [-0.25, -0.2) is 0 Å². The molecule has 0 radical (unpaired) electrons. The van der Waals surface area contributed by atoms with E-state index >= 15 is 0 Å². The van der Waals surface area contributed by atoms with Gasteiger partial charge in [0.1, 0.15) is 5.78 Å². The lowest BCUT2D eigenvalue weighted by atomic mass is 10.0. The highest BCUT2D eigenvalue weighted by Crippen LogP contribution is 2.09. The normalized spacial score (nSPS) is 9.67. The number of hydrogen-bond donors (Lipinski definition) is 1. The molecular formula is C10H18O2. The maximum Gasteiger partial charge on any atom is 0.137 e. The number of carbonyl (C=O) groups is 1. The molecule has 0 saturated carbocycles. The number of Topliss-reactive ketones (excluding diaryl/α,β-unsaturated/α-hetero) is 1. The average Bonchev–Trinajstić information content (AvgIpc) is 2.00. The minimum absolute atomic E-state index is 0.111. The van der Waals surface area contributed by atoms with Gasteiger partial charge >= 0.3 is 0 Å². The molecule has 0 aromatic carbocycles. The van der Waals surface area contributed by atoms with E-state index in [1.807, 2.05) is 20.8 Å². The monoisotopic (exact) mass is 170 g/mol. The zero-order chi connectivity index (χ0) is 9.56. The maximum atomic E-state index is 11.2. The van der Waals surface area contributed by atoms with Crippen LogP contribution in [0.4, 0.5) is 0 Å². The van der Waals surface area contributed by atoms with Crippen LogP contribution in [0.2, 0.25) is 0 Å². The predicted octanol–water partition coefficient (Wildman–Crippen LogP) is 2.07. The molecule has 0 unspecified atom stereocenters. The number of aliphatic hydroxyl groups excluding tert-OH is 1. The molecule has 0 rings (SSSR count). The van der Waals surface area contributed by atoms with Crippen molar-refractivity contribution in [3.8, 4) is 0 Å². The van der Waals surface area contributed by atoms with Crippen LogP contribution in [-0.2, 0) is 4.79 Å². The van der Waals surface area contributed by atoms with E-state index in [2.05, 4.69) is 0 Å². The molecule has 70 valence electrons. The molecule has 0 fully saturated rings. The zero-order valence-corrected chi connectivity index (χ0v) is 8.18. The number of rotatable bonds is 5. The first-order valence-electron chi connectivity index (χ1n) is 4.33. The summed E-state index contributed by atoms with van der Waals surface area (Å²) in [5.41, 5.74) is 2.37. The molecule has 0 aliphatic heterocycles. The Hall–Kier alpha value is -0.630. The molecule has 0 spiro atoms. The summed E-state index contributed by atoms with van der Waals surface area (Å²) < 4.78 is 0. The molecule has 0 aromatic rings. The second kappa shape index (κ2) is 5.95. The van der Waals surface area contributed by atoms with Crippen molar-refractivity contribution in [2.75, 3.05) is 6.61 Å². The number of hydrogen-bond acceptors (Lipinski definition) is 2. The van der Waals surface area contributed by atoms with E-state index in [1.54, 1.807) is 0 Å². The van der Waals surface area contributed by atoms with Gasteiger partial charge in [-0.15, -0.1) is 0 Å².